The predicted octanol–water partition coefficient (Wildman–Crippen LogP) is 3.73. The zero-order chi connectivity index (χ0) is 18.5. The number of fused-ring (bicyclic) bond motifs is 1. The number of methoxy groups -OCH3 is 1. The van der Waals surface area contributed by atoms with E-state index >= 15 is 0 Å². The lowest BCUT2D eigenvalue weighted by molar-refractivity contribution is 0.0925. The third kappa shape index (κ3) is 4.17. The van der Waals surface area contributed by atoms with Crippen LogP contribution >= 0.6 is 0 Å². The van der Waals surface area contributed by atoms with E-state index in [1.807, 2.05) is 42.5 Å². The fourth-order valence-corrected chi connectivity index (χ4v) is 3.03. The Morgan fingerprint density at radius 2 is 1.77 bits per heavy atom. The van der Waals surface area contributed by atoms with E-state index in [0.29, 0.717) is 25.4 Å². The van der Waals surface area contributed by atoms with E-state index in [9.17, 15) is 4.79 Å². The van der Waals surface area contributed by atoms with E-state index in [0.717, 1.165) is 22.6 Å². The first-order valence-electron chi connectivity index (χ1n) is 8.86. The molecular formula is C21H25NO4. The second-order valence-electron chi connectivity index (χ2n) is 6.73. The smallest absolute Gasteiger partial charge is 0.251 e. The molecule has 2 aromatic rings. The average Bonchev–Trinajstić information content (AvgIpc) is 2.66. The molecule has 0 saturated carbocycles. The molecule has 5 heteroatoms. The summed E-state index contributed by atoms with van der Waals surface area (Å²) in [5.41, 5.74) is 2.68. The molecule has 0 saturated heterocycles. The first kappa shape index (κ1) is 18.3. The van der Waals surface area contributed by atoms with Crippen molar-refractivity contribution >= 4 is 5.91 Å². The van der Waals surface area contributed by atoms with Crippen LogP contribution < -0.4 is 14.8 Å². The molecule has 0 aromatic heterocycles. The summed E-state index contributed by atoms with van der Waals surface area (Å²) >= 11 is 0. The van der Waals surface area contributed by atoms with Crippen LogP contribution in [0, 0.1) is 5.92 Å². The number of rotatable bonds is 6. The average molecular weight is 355 g/mol. The third-order valence-electron chi connectivity index (χ3n) is 4.41. The molecule has 0 aliphatic carbocycles. The Balaban J connectivity index is 1.77. The maximum Gasteiger partial charge on any atom is 0.251 e. The van der Waals surface area contributed by atoms with E-state index in [1.54, 1.807) is 7.11 Å². The molecule has 1 aliphatic heterocycles. The molecule has 1 amide bonds. The molecular weight excluding hydrogens is 330 g/mol. The summed E-state index contributed by atoms with van der Waals surface area (Å²) in [6.45, 7) is 5.82. The SMILES string of the molecule is COCc1ccc(C(=O)NC(c2ccc3c(c2)OCCO3)C(C)C)cc1. The van der Waals surface area contributed by atoms with Crippen LogP contribution in [0.3, 0.4) is 0 Å². The van der Waals surface area contributed by atoms with Gasteiger partial charge >= 0.3 is 0 Å². The van der Waals surface area contributed by atoms with Gasteiger partial charge in [0.15, 0.2) is 11.5 Å². The van der Waals surface area contributed by atoms with Crippen molar-refractivity contribution in [1.82, 2.24) is 5.32 Å². The Bertz CT molecular complexity index is 755. The van der Waals surface area contributed by atoms with Gasteiger partial charge in [-0.05, 0) is 41.3 Å². The zero-order valence-electron chi connectivity index (χ0n) is 15.5. The van der Waals surface area contributed by atoms with Crippen molar-refractivity contribution in [3.63, 3.8) is 0 Å². The third-order valence-corrected chi connectivity index (χ3v) is 4.41. The van der Waals surface area contributed by atoms with Crippen molar-refractivity contribution < 1.29 is 19.0 Å². The van der Waals surface area contributed by atoms with Gasteiger partial charge in [-0.15, -0.1) is 0 Å². The van der Waals surface area contributed by atoms with Gasteiger partial charge in [0, 0.05) is 12.7 Å². The first-order valence-corrected chi connectivity index (χ1v) is 8.86. The quantitative estimate of drug-likeness (QED) is 0.858. The van der Waals surface area contributed by atoms with E-state index in [2.05, 4.69) is 19.2 Å². The molecule has 1 aliphatic rings. The van der Waals surface area contributed by atoms with Crippen molar-refractivity contribution in [1.29, 1.82) is 0 Å². The highest BCUT2D eigenvalue weighted by atomic mass is 16.6. The van der Waals surface area contributed by atoms with Crippen molar-refractivity contribution in [3.05, 3.63) is 59.2 Å². The second kappa shape index (κ2) is 8.23. The standard InChI is InChI=1S/C21H25NO4/c1-14(2)20(17-8-9-18-19(12-17)26-11-10-25-18)22-21(23)16-6-4-15(5-7-16)13-24-3/h4-9,12,14,20H,10-11,13H2,1-3H3,(H,22,23). The molecule has 5 nitrogen and oxygen atoms in total. The fraction of sp³-hybridized carbons (Fsp3) is 0.381. The largest absolute Gasteiger partial charge is 0.486 e. The van der Waals surface area contributed by atoms with Crippen LogP contribution in [0.1, 0.15) is 41.4 Å². The summed E-state index contributed by atoms with van der Waals surface area (Å²) in [5.74, 6) is 1.62. The maximum atomic E-state index is 12.7. The van der Waals surface area contributed by atoms with Gasteiger partial charge in [-0.3, -0.25) is 4.79 Å². The van der Waals surface area contributed by atoms with Crippen LogP contribution in [0.4, 0.5) is 0 Å². The van der Waals surface area contributed by atoms with Crippen LogP contribution in [-0.4, -0.2) is 26.2 Å². The molecule has 1 heterocycles. The highest BCUT2D eigenvalue weighted by Gasteiger charge is 2.22. The molecule has 1 N–H and O–H groups in total. The van der Waals surface area contributed by atoms with Gasteiger partial charge in [0.25, 0.3) is 5.91 Å². The molecule has 0 spiro atoms. The van der Waals surface area contributed by atoms with Crippen LogP contribution in [0.15, 0.2) is 42.5 Å². The number of carbonyl (C=O) groups is 1. The van der Waals surface area contributed by atoms with Crippen LogP contribution in [0.25, 0.3) is 0 Å². The lowest BCUT2D eigenvalue weighted by atomic mass is 9.95. The monoisotopic (exact) mass is 355 g/mol. The van der Waals surface area contributed by atoms with E-state index in [-0.39, 0.29) is 17.9 Å². The van der Waals surface area contributed by atoms with Crippen LogP contribution in [0.5, 0.6) is 11.5 Å². The lowest BCUT2D eigenvalue weighted by Crippen LogP contribution is -2.32. The summed E-state index contributed by atoms with van der Waals surface area (Å²) in [6.07, 6.45) is 0. The summed E-state index contributed by atoms with van der Waals surface area (Å²) in [7, 11) is 1.65. The van der Waals surface area contributed by atoms with Crippen molar-refractivity contribution in [2.24, 2.45) is 5.92 Å². The molecule has 0 fully saturated rings. The lowest BCUT2D eigenvalue weighted by Gasteiger charge is -2.25. The number of hydrogen-bond acceptors (Lipinski definition) is 4. The van der Waals surface area contributed by atoms with Gasteiger partial charge < -0.3 is 19.5 Å². The molecule has 0 bridgehead atoms. The molecule has 26 heavy (non-hydrogen) atoms. The van der Waals surface area contributed by atoms with E-state index in [1.165, 1.54) is 0 Å². The zero-order valence-corrected chi connectivity index (χ0v) is 15.5. The van der Waals surface area contributed by atoms with E-state index < -0.39 is 0 Å². The van der Waals surface area contributed by atoms with E-state index in [4.69, 9.17) is 14.2 Å². The van der Waals surface area contributed by atoms with Crippen molar-refractivity contribution in [2.75, 3.05) is 20.3 Å². The van der Waals surface area contributed by atoms with Gasteiger partial charge in [0.1, 0.15) is 13.2 Å². The molecule has 138 valence electrons. The topological polar surface area (TPSA) is 56.8 Å². The summed E-state index contributed by atoms with van der Waals surface area (Å²) in [4.78, 5) is 12.7. The Labute approximate surface area is 154 Å². The molecule has 3 rings (SSSR count). The number of amides is 1. The Hall–Kier alpha value is -2.53. The Kier molecular flexibility index (Phi) is 5.78. The van der Waals surface area contributed by atoms with Crippen molar-refractivity contribution in [2.45, 2.75) is 26.5 Å². The van der Waals surface area contributed by atoms with Crippen LogP contribution in [0.2, 0.25) is 0 Å². The Morgan fingerprint density at radius 1 is 1.08 bits per heavy atom. The minimum absolute atomic E-state index is 0.0949. The van der Waals surface area contributed by atoms with Gasteiger partial charge in [-0.2, -0.15) is 0 Å². The van der Waals surface area contributed by atoms with Gasteiger partial charge in [-0.1, -0.05) is 32.0 Å². The molecule has 1 unspecified atom stereocenters. The van der Waals surface area contributed by atoms with Gasteiger partial charge in [0.2, 0.25) is 0 Å². The number of nitrogens with one attached hydrogen (secondary N) is 1. The van der Waals surface area contributed by atoms with Crippen LogP contribution in [-0.2, 0) is 11.3 Å². The highest BCUT2D eigenvalue weighted by molar-refractivity contribution is 5.94. The van der Waals surface area contributed by atoms with Gasteiger partial charge in [-0.25, -0.2) is 0 Å². The van der Waals surface area contributed by atoms with Gasteiger partial charge in [0.05, 0.1) is 12.6 Å². The summed E-state index contributed by atoms with van der Waals surface area (Å²) in [6, 6.07) is 13.2. The molecule has 1 atom stereocenters. The molecule has 0 radical (unpaired) electrons. The summed E-state index contributed by atoms with van der Waals surface area (Å²) < 4.78 is 16.4. The van der Waals surface area contributed by atoms with Crippen molar-refractivity contribution in [3.8, 4) is 11.5 Å². The fourth-order valence-electron chi connectivity index (χ4n) is 3.03. The predicted molar refractivity (Wildman–Crippen MR) is 99.6 cm³/mol. The second-order valence-corrected chi connectivity index (χ2v) is 6.73. The first-order chi connectivity index (χ1) is 12.6. The highest BCUT2D eigenvalue weighted by Crippen LogP contribution is 2.34. The number of ether oxygens (including phenoxy) is 3. The maximum absolute atomic E-state index is 12.7. The Morgan fingerprint density at radius 3 is 2.42 bits per heavy atom. The molecule has 2 aromatic carbocycles. The normalized spacial score (nSPS) is 14.2. The number of hydrogen-bond donors (Lipinski definition) is 1. The minimum Gasteiger partial charge on any atom is -0.486 e. The number of benzene rings is 2. The summed E-state index contributed by atoms with van der Waals surface area (Å²) in [5, 5.41) is 3.14. The number of carbonyl (C=O) groups excluding carboxylic acids is 1. The minimum atomic E-state index is -0.114.